The lowest BCUT2D eigenvalue weighted by atomic mass is 9.92. The number of amides is 2. The number of carbonyl (C=O) groups excluding carboxylic acids is 2. The Morgan fingerprint density at radius 2 is 1.93 bits per heavy atom. The minimum atomic E-state index is -0.0346. The van der Waals surface area contributed by atoms with Gasteiger partial charge in [0.25, 0.3) is 11.8 Å². The zero-order valence-corrected chi connectivity index (χ0v) is 18.0. The van der Waals surface area contributed by atoms with E-state index in [0.29, 0.717) is 24.6 Å². The molecule has 0 spiro atoms. The average Bonchev–Trinajstić information content (AvgIpc) is 2.69. The second kappa shape index (κ2) is 8.76. The summed E-state index contributed by atoms with van der Waals surface area (Å²) >= 11 is 0. The first kappa shape index (κ1) is 21.0. The van der Waals surface area contributed by atoms with Crippen LogP contribution in [0, 0.1) is 19.8 Å². The largest absolute Gasteiger partial charge is 0.349 e. The van der Waals surface area contributed by atoms with E-state index in [0.717, 1.165) is 28.8 Å². The smallest absolute Gasteiger partial charge is 0.255 e. The van der Waals surface area contributed by atoms with Crippen molar-refractivity contribution in [2.24, 2.45) is 5.92 Å². The summed E-state index contributed by atoms with van der Waals surface area (Å²) in [7, 11) is 0. The van der Waals surface area contributed by atoms with Crippen LogP contribution in [0.4, 0.5) is 0 Å². The summed E-state index contributed by atoms with van der Waals surface area (Å²) in [6.45, 7) is 11.5. The minimum absolute atomic E-state index is 0.0128. The molecule has 2 amide bonds. The average molecular weight is 394 g/mol. The Labute approximate surface area is 173 Å². The van der Waals surface area contributed by atoms with Crippen LogP contribution in [0.15, 0.2) is 36.5 Å². The van der Waals surface area contributed by atoms with Crippen LogP contribution in [0.1, 0.15) is 70.6 Å². The Morgan fingerprint density at radius 1 is 1.17 bits per heavy atom. The summed E-state index contributed by atoms with van der Waals surface area (Å²) in [6.07, 6.45) is 2.43. The second-order valence-corrected chi connectivity index (χ2v) is 8.54. The van der Waals surface area contributed by atoms with Crippen LogP contribution >= 0.6 is 0 Å². The highest BCUT2D eigenvalue weighted by Crippen LogP contribution is 2.21. The number of piperidine rings is 1. The van der Waals surface area contributed by atoms with Gasteiger partial charge in [0.05, 0.1) is 5.56 Å². The van der Waals surface area contributed by atoms with Gasteiger partial charge in [-0.25, -0.2) is 0 Å². The fourth-order valence-electron chi connectivity index (χ4n) is 3.91. The molecule has 1 aliphatic heterocycles. The number of hydrogen-bond donors (Lipinski definition) is 1. The molecule has 2 aromatic rings. The molecule has 1 aromatic carbocycles. The van der Waals surface area contributed by atoms with Crippen LogP contribution in [0.5, 0.6) is 0 Å². The Hall–Kier alpha value is -2.69. The monoisotopic (exact) mass is 393 g/mol. The summed E-state index contributed by atoms with van der Waals surface area (Å²) in [5.74, 6) is 0.507. The molecule has 5 nitrogen and oxygen atoms in total. The Kier molecular flexibility index (Phi) is 6.36. The molecule has 1 aliphatic rings. The number of nitrogens with one attached hydrogen (secondary N) is 1. The van der Waals surface area contributed by atoms with Crippen molar-refractivity contribution in [3.8, 4) is 0 Å². The number of carbonyl (C=O) groups is 2. The van der Waals surface area contributed by atoms with E-state index < -0.39 is 0 Å². The summed E-state index contributed by atoms with van der Waals surface area (Å²) < 4.78 is 0. The number of benzene rings is 1. The standard InChI is InChI=1S/C24H31N3O2/c1-15(2)21-9-7-19(13-25-21)24(29)27-11-10-22(18(5)14-27)26-23(28)20-8-6-16(3)12-17(20)4/h6-9,12-13,15,18,22H,10-11,14H2,1-5H3,(H,26,28). The van der Waals surface area contributed by atoms with Crippen LogP contribution in [-0.4, -0.2) is 40.8 Å². The minimum Gasteiger partial charge on any atom is -0.349 e. The van der Waals surface area contributed by atoms with Crippen LogP contribution in [-0.2, 0) is 0 Å². The molecule has 1 N–H and O–H groups in total. The summed E-state index contributed by atoms with van der Waals surface area (Å²) in [4.78, 5) is 31.8. The van der Waals surface area contributed by atoms with E-state index in [1.54, 1.807) is 6.20 Å². The van der Waals surface area contributed by atoms with Crippen LogP contribution in [0.3, 0.4) is 0 Å². The molecule has 0 saturated carbocycles. The fraction of sp³-hybridized carbons (Fsp3) is 0.458. The van der Waals surface area contributed by atoms with Gasteiger partial charge in [0.15, 0.2) is 0 Å². The van der Waals surface area contributed by atoms with Gasteiger partial charge in [0.1, 0.15) is 0 Å². The van der Waals surface area contributed by atoms with Gasteiger partial charge in [0, 0.05) is 36.6 Å². The van der Waals surface area contributed by atoms with Crippen LogP contribution in [0.2, 0.25) is 0 Å². The Morgan fingerprint density at radius 3 is 2.52 bits per heavy atom. The molecular formula is C24H31N3O2. The van der Waals surface area contributed by atoms with E-state index in [1.807, 2.05) is 49.1 Å². The molecule has 1 saturated heterocycles. The van der Waals surface area contributed by atoms with Gasteiger partial charge < -0.3 is 10.2 Å². The third-order valence-corrected chi connectivity index (χ3v) is 5.76. The SMILES string of the molecule is Cc1ccc(C(=O)NC2CCN(C(=O)c3ccc(C(C)C)nc3)CC2C)c(C)c1. The number of hydrogen-bond acceptors (Lipinski definition) is 3. The molecule has 2 heterocycles. The first-order chi connectivity index (χ1) is 13.8. The number of likely N-dealkylation sites (tertiary alicyclic amines) is 1. The van der Waals surface area contributed by atoms with E-state index >= 15 is 0 Å². The molecule has 5 heteroatoms. The molecule has 0 radical (unpaired) electrons. The molecule has 3 rings (SSSR count). The van der Waals surface area contributed by atoms with Crippen molar-refractivity contribution in [2.75, 3.05) is 13.1 Å². The lowest BCUT2D eigenvalue weighted by molar-refractivity contribution is 0.0632. The number of rotatable bonds is 4. The highest BCUT2D eigenvalue weighted by atomic mass is 16.2. The fourth-order valence-corrected chi connectivity index (χ4v) is 3.91. The molecule has 0 bridgehead atoms. The molecule has 154 valence electrons. The maximum absolute atomic E-state index is 12.9. The highest BCUT2D eigenvalue weighted by Gasteiger charge is 2.30. The first-order valence-electron chi connectivity index (χ1n) is 10.4. The van der Waals surface area contributed by atoms with Gasteiger partial charge in [-0.3, -0.25) is 14.6 Å². The molecule has 2 unspecified atom stereocenters. The van der Waals surface area contributed by atoms with Gasteiger partial charge >= 0.3 is 0 Å². The molecular weight excluding hydrogens is 362 g/mol. The van der Waals surface area contributed by atoms with E-state index in [2.05, 4.69) is 31.1 Å². The van der Waals surface area contributed by atoms with Crippen molar-refractivity contribution in [1.29, 1.82) is 0 Å². The molecule has 0 aliphatic carbocycles. The predicted octanol–water partition coefficient (Wildman–Crippen LogP) is 4.10. The lowest BCUT2D eigenvalue weighted by Gasteiger charge is -2.37. The summed E-state index contributed by atoms with van der Waals surface area (Å²) in [5.41, 5.74) is 4.47. The third-order valence-electron chi connectivity index (χ3n) is 5.76. The van der Waals surface area contributed by atoms with Crippen molar-refractivity contribution in [1.82, 2.24) is 15.2 Å². The normalized spacial score (nSPS) is 19.3. The van der Waals surface area contributed by atoms with Crippen molar-refractivity contribution in [3.05, 3.63) is 64.5 Å². The van der Waals surface area contributed by atoms with Crippen LogP contribution < -0.4 is 5.32 Å². The maximum Gasteiger partial charge on any atom is 0.255 e. The lowest BCUT2D eigenvalue weighted by Crippen LogP contribution is -2.51. The zero-order chi connectivity index (χ0) is 21.1. The van der Waals surface area contributed by atoms with Crippen LogP contribution in [0.25, 0.3) is 0 Å². The van der Waals surface area contributed by atoms with Gasteiger partial charge in [-0.1, -0.05) is 38.5 Å². The van der Waals surface area contributed by atoms with Gasteiger partial charge in [-0.05, 0) is 55.9 Å². The second-order valence-electron chi connectivity index (χ2n) is 8.54. The van der Waals surface area contributed by atoms with Gasteiger partial charge in [-0.2, -0.15) is 0 Å². The quantitative estimate of drug-likeness (QED) is 0.851. The van der Waals surface area contributed by atoms with Crippen molar-refractivity contribution >= 4 is 11.8 Å². The third kappa shape index (κ3) is 4.84. The molecule has 2 atom stereocenters. The zero-order valence-electron chi connectivity index (χ0n) is 18.0. The van der Waals surface area contributed by atoms with Crippen molar-refractivity contribution in [3.63, 3.8) is 0 Å². The van der Waals surface area contributed by atoms with Crippen molar-refractivity contribution < 1.29 is 9.59 Å². The number of aryl methyl sites for hydroxylation is 2. The van der Waals surface area contributed by atoms with Gasteiger partial charge in [0.2, 0.25) is 0 Å². The molecule has 1 fully saturated rings. The topological polar surface area (TPSA) is 62.3 Å². The molecule has 1 aromatic heterocycles. The number of pyridine rings is 1. The van der Waals surface area contributed by atoms with E-state index in [4.69, 9.17) is 0 Å². The number of aromatic nitrogens is 1. The Bertz CT molecular complexity index is 889. The molecule has 29 heavy (non-hydrogen) atoms. The summed E-state index contributed by atoms with van der Waals surface area (Å²) in [6, 6.07) is 9.73. The van der Waals surface area contributed by atoms with E-state index in [-0.39, 0.29) is 23.8 Å². The Balaban J connectivity index is 1.61. The highest BCUT2D eigenvalue weighted by molar-refractivity contribution is 5.96. The van der Waals surface area contributed by atoms with E-state index in [9.17, 15) is 9.59 Å². The maximum atomic E-state index is 12.9. The number of nitrogens with zero attached hydrogens (tertiary/aromatic N) is 2. The van der Waals surface area contributed by atoms with Gasteiger partial charge in [-0.15, -0.1) is 0 Å². The summed E-state index contributed by atoms with van der Waals surface area (Å²) in [5, 5.41) is 3.18. The predicted molar refractivity (Wildman–Crippen MR) is 115 cm³/mol. The van der Waals surface area contributed by atoms with E-state index in [1.165, 1.54) is 0 Å². The van der Waals surface area contributed by atoms with Crippen molar-refractivity contribution in [2.45, 2.75) is 53.0 Å². The first-order valence-corrected chi connectivity index (χ1v) is 10.4.